The van der Waals surface area contributed by atoms with Crippen molar-refractivity contribution in [2.75, 3.05) is 7.05 Å². The highest BCUT2D eigenvalue weighted by molar-refractivity contribution is 6.35. The Labute approximate surface area is 161 Å². The van der Waals surface area contributed by atoms with E-state index in [1.165, 1.54) is 7.05 Å². The third kappa shape index (κ3) is 1.95. The highest BCUT2D eigenvalue weighted by Crippen LogP contribution is 2.49. The molecule has 3 aliphatic rings. The normalized spacial score (nSPS) is 27.6. The van der Waals surface area contributed by atoms with Gasteiger partial charge in [-0.2, -0.15) is 0 Å². The fourth-order valence-electron chi connectivity index (χ4n) is 5.03. The lowest BCUT2D eigenvalue weighted by Gasteiger charge is -2.27. The average Bonchev–Trinajstić information content (AvgIpc) is 3.25. The number of Topliss-reactive ketones (excluding diaryl/α,β-unsaturated/α-hetero) is 2. The van der Waals surface area contributed by atoms with Gasteiger partial charge in [0.15, 0.2) is 17.1 Å². The van der Waals surface area contributed by atoms with Crippen LogP contribution in [0.4, 0.5) is 0 Å². The van der Waals surface area contributed by atoms with E-state index in [9.17, 15) is 19.2 Å². The van der Waals surface area contributed by atoms with Gasteiger partial charge in [-0.3, -0.25) is 29.4 Å². The number of nitrogens with one attached hydrogen (secondary N) is 1. The molecule has 1 aliphatic carbocycles. The first kappa shape index (κ1) is 17.0. The van der Waals surface area contributed by atoms with Crippen LogP contribution >= 0.6 is 0 Å². The first-order chi connectivity index (χ1) is 13.5. The van der Waals surface area contributed by atoms with Crippen LogP contribution < -0.4 is 5.32 Å². The van der Waals surface area contributed by atoms with Crippen LogP contribution in [0.5, 0.6) is 0 Å². The molecule has 0 saturated carbocycles. The van der Waals surface area contributed by atoms with Gasteiger partial charge in [0.2, 0.25) is 11.8 Å². The highest BCUT2D eigenvalue weighted by atomic mass is 16.2. The predicted octanol–water partition coefficient (Wildman–Crippen LogP) is 1.25. The number of carbonyl (C=O) groups is 4. The fourth-order valence-corrected chi connectivity index (χ4v) is 5.03. The maximum Gasteiger partial charge on any atom is 0.235 e. The summed E-state index contributed by atoms with van der Waals surface area (Å²) in [6, 6.07) is 15.7. The van der Waals surface area contributed by atoms with E-state index in [0.717, 1.165) is 10.5 Å². The van der Waals surface area contributed by atoms with Crippen LogP contribution in [-0.4, -0.2) is 46.9 Å². The lowest BCUT2D eigenvalue weighted by Crippen LogP contribution is -2.58. The molecule has 0 aromatic heterocycles. The maximum absolute atomic E-state index is 13.4. The minimum Gasteiger partial charge on any atom is -0.293 e. The molecule has 0 bridgehead atoms. The van der Waals surface area contributed by atoms with E-state index in [-0.39, 0.29) is 5.91 Å². The number of hydrogen-bond donors (Lipinski definition) is 1. The molecular weight excluding hydrogens is 356 g/mol. The van der Waals surface area contributed by atoms with Crippen LogP contribution in [0.2, 0.25) is 0 Å². The van der Waals surface area contributed by atoms with Crippen molar-refractivity contribution >= 4 is 23.4 Å². The number of benzene rings is 2. The topological polar surface area (TPSA) is 83.6 Å². The number of amides is 2. The van der Waals surface area contributed by atoms with Gasteiger partial charge in [-0.25, -0.2) is 0 Å². The average molecular weight is 374 g/mol. The van der Waals surface area contributed by atoms with Crippen molar-refractivity contribution in [1.82, 2.24) is 10.2 Å². The molecule has 3 atom stereocenters. The van der Waals surface area contributed by atoms with Gasteiger partial charge in [-0.15, -0.1) is 0 Å². The number of carbonyl (C=O) groups excluding carboxylic acids is 4. The zero-order valence-electron chi connectivity index (χ0n) is 15.2. The minimum atomic E-state index is -1.69. The van der Waals surface area contributed by atoms with Gasteiger partial charge >= 0.3 is 0 Å². The van der Waals surface area contributed by atoms with E-state index in [2.05, 4.69) is 5.32 Å². The lowest BCUT2D eigenvalue weighted by atomic mass is 9.76. The molecule has 140 valence electrons. The maximum atomic E-state index is 13.4. The van der Waals surface area contributed by atoms with Gasteiger partial charge in [0.05, 0.1) is 11.8 Å². The lowest BCUT2D eigenvalue weighted by molar-refractivity contribution is -0.139. The second-order valence-corrected chi connectivity index (χ2v) is 7.69. The molecule has 2 aromatic rings. The molecule has 0 unspecified atom stereocenters. The van der Waals surface area contributed by atoms with E-state index >= 15 is 0 Å². The number of ketones is 2. The van der Waals surface area contributed by atoms with Crippen molar-refractivity contribution in [3.8, 4) is 0 Å². The number of hydrogen-bond acceptors (Lipinski definition) is 5. The van der Waals surface area contributed by atoms with Crippen molar-refractivity contribution in [2.24, 2.45) is 11.8 Å². The van der Waals surface area contributed by atoms with Gasteiger partial charge in [-0.1, -0.05) is 54.6 Å². The third-order valence-corrected chi connectivity index (χ3v) is 6.32. The Hall–Kier alpha value is -3.12. The number of likely N-dealkylation sites (tertiary alicyclic amines) is 1. The van der Waals surface area contributed by atoms with E-state index in [0.29, 0.717) is 17.5 Å². The zero-order chi connectivity index (χ0) is 19.6. The molecule has 1 N–H and O–H groups in total. The quantitative estimate of drug-likeness (QED) is 0.632. The van der Waals surface area contributed by atoms with Gasteiger partial charge in [0, 0.05) is 24.2 Å². The van der Waals surface area contributed by atoms with Gasteiger partial charge in [0.25, 0.3) is 0 Å². The Balaban J connectivity index is 1.64. The van der Waals surface area contributed by atoms with E-state index in [4.69, 9.17) is 0 Å². The molecule has 0 radical (unpaired) electrons. The second-order valence-electron chi connectivity index (χ2n) is 7.69. The molecule has 5 rings (SSSR count). The third-order valence-electron chi connectivity index (χ3n) is 6.32. The number of fused-ring (bicyclic) bond motifs is 3. The molecule has 2 heterocycles. The first-order valence-electron chi connectivity index (χ1n) is 9.28. The Morgan fingerprint density at radius 3 is 2.04 bits per heavy atom. The van der Waals surface area contributed by atoms with Gasteiger partial charge in [-0.05, 0) is 12.0 Å². The summed E-state index contributed by atoms with van der Waals surface area (Å²) in [6.07, 6.45) is 0.452. The summed E-state index contributed by atoms with van der Waals surface area (Å²) in [6.45, 7) is 0. The molecular formula is C22H18N2O4. The molecule has 28 heavy (non-hydrogen) atoms. The molecule has 2 saturated heterocycles. The van der Waals surface area contributed by atoms with Gasteiger partial charge in [0.1, 0.15) is 0 Å². The van der Waals surface area contributed by atoms with Crippen molar-refractivity contribution in [3.63, 3.8) is 0 Å². The zero-order valence-corrected chi connectivity index (χ0v) is 15.2. The van der Waals surface area contributed by atoms with Gasteiger partial charge < -0.3 is 0 Å². The minimum absolute atomic E-state index is 0.314. The summed E-state index contributed by atoms with van der Waals surface area (Å²) in [7, 11) is 1.42. The van der Waals surface area contributed by atoms with Crippen molar-refractivity contribution < 1.29 is 19.2 Å². The largest absolute Gasteiger partial charge is 0.293 e. The Morgan fingerprint density at radius 2 is 1.43 bits per heavy atom. The van der Waals surface area contributed by atoms with Crippen LogP contribution in [0, 0.1) is 11.8 Å². The van der Waals surface area contributed by atoms with Crippen LogP contribution in [0.3, 0.4) is 0 Å². The number of imide groups is 1. The summed E-state index contributed by atoms with van der Waals surface area (Å²) in [5.74, 6) is -3.36. The summed E-state index contributed by atoms with van der Waals surface area (Å²) in [5, 5.41) is 3.18. The Kier molecular flexibility index (Phi) is 3.46. The van der Waals surface area contributed by atoms with E-state index < -0.39 is 40.9 Å². The van der Waals surface area contributed by atoms with Crippen LogP contribution in [0.15, 0.2) is 54.6 Å². The van der Waals surface area contributed by atoms with E-state index in [1.54, 1.807) is 24.3 Å². The molecule has 1 spiro atoms. The van der Waals surface area contributed by atoms with Crippen molar-refractivity contribution in [3.05, 3.63) is 71.3 Å². The SMILES string of the molecule is CN1C(=O)[C@@H]2[C@H](Cc3ccccc3)NC3(C(=O)c4ccccc4C3=O)[C@@H]2C1=O. The van der Waals surface area contributed by atoms with Crippen molar-refractivity contribution in [2.45, 2.75) is 18.0 Å². The standard InChI is InChI=1S/C22H18N2O4/c1-24-20(27)16-15(11-12-7-3-2-4-8-12)23-22(17(16)21(24)28)18(25)13-9-5-6-10-14(13)19(22)26/h2-10,15-17,23H,11H2,1H3/t15-,16+,17-/m0/s1. The first-order valence-corrected chi connectivity index (χ1v) is 9.28. The monoisotopic (exact) mass is 374 g/mol. The molecule has 2 aliphatic heterocycles. The summed E-state index contributed by atoms with van der Waals surface area (Å²) in [5.41, 5.74) is -0.0884. The number of nitrogens with zero attached hydrogens (tertiary/aromatic N) is 1. The fraction of sp³-hybridized carbons (Fsp3) is 0.273. The highest BCUT2D eigenvalue weighted by Gasteiger charge is 2.72. The summed E-state index contributed by atoms with van der Waals surface area (Å²) < 4.78 is 0. The molecule has 2 amide bonds. The molecule has 6 heteroatoms. The smallest absolute Gasteiger partial charge is 0.235 e. The van der Waals surface area contributed by atoms with Crippen LogP contribution in [0.1, 0.15) is 26.3 Å². The van der Waals surface area contributed by atoms with Crippen molar-refractivity contribution in [1.29, 1.82) is 0 Å². The van der Waals surface area contributed by atoms with Crippen LogP contribution in [0.25, 0.3) is 0 Å². The Bertz CT molecular complexity index is 1010. The molecule has 2 fully saturated rings. The van der Waals surface area contributed by atoms with E-state index in [1.807, 2.05) is 30.3 Å². The van der Waals surface area contributed by atoms with Crippen LogP contribution in [-0.2, 0) is 16.0 Å². The molecule has 6 nitrogen and oxygen atoms in total. The molecule has 2 aromatic carbocycles. The Morgan fingerprint density at radius 1 is 0.857 bits per heavy atom. The number of rotatable bonds is 2. The summed E-state index contributed by atoms with van der Waals surface area (Å²) >= 11 is 0. The second kappa shape index (κ2) is 5.69. The predicted molar refractivity (Wildman–Crippen MR) is 99.7 cm³/mol. The summed E-state index contributed by atoms with van der Waals surface area (Å²) in [4.78, 5) is 53.6.